The smallest absolute Gasteiger partial charge is 0.299 e. The van der Waals surface area contributed by atoms with E-state index in [2.05, 4.69) is 6.07 Å². The quantitative estimate of drug-likeness (QED) is 0.597. The van der Waals surface area contributed by atoms with Crippen LogP contribution in [-0.2, 0) is 4.79 Å². The number of carbonyl (C=O) groups is 2. The molecule has 19 heavy (non-hydrogen) atoms. The maximum absolute atomic E-state index is 11.9. The predicted molar refractivity (Wildman–Crippen MR) is 69.1 cm³/mol. The number of nitriles is 1. The summed E-state index contributed by atoms with van der Waals surface area (Å²) in [4.78, 5) is 25.2. The summed E-state index contributed by atoms with van der Waals surface area (Å²) in [6, 6.07) is 7.10. The van der Waals surface area contributed by atoms with Crippen molar-refractivity contribution in [1.82, 2.24) is 0 Å². The van der Waals surface area contributed by atoms with Crippen LogP contribution in [0.25, 0.3) is 0 Å². The number of unbranched alkanes of at least 4 members (excludes halogenated alkanes) is 2. The summed E-state index contributed by atoms with van der Waals surface area (Å²) in [5, 5.41) is 8.47. The van der Waals surface area contributed by atoms with Crippen molar-refractivity contribution >= 4 is 17.4 Å². The van der Waals surface area contributed by atoms with Crippen molar-refractivity contribution in [1.29, 1.82) is 5.26 Å². The van der Waals surface area contributed by atoms with Gasteiger partial charge in [0.25, 0.3) is 11.7 Å². The molecule has 0 atom stereocenters. The average molecular weight is 258 g/mol. The number of Topliss-reactive ketones (excluding diaryl/α,β-unsaturated/α-hetero) is 1. The van der Waals surface area contributed by atoms with E-state index in [1.807, 2.05) is 0 Å². The normalized spacial score (nSPS) is 13.4. The summed E-state index contributed by atoms with van der Waals surface area (Å²) in [6.45, 7) is 0.464. The Balaban J connectivity index is 2.18. The fourth-order valence-electron chi connectivity index (χ4n) is 2.10. The minimum Gasteiger partial charge on any atom is -0.497 e. The van der Waals surface area contributed by atoms with E-state index in [1.165, 1.54) is 12.0 Å². The van der Waals surface area contributed by atoms with Crippen molar-refractivity contribution in [2.75, 3.05) is 18.6 Å². The highest BCUT2D eigenvalue weighted by atomic mass is 16.5. The Bertz CT molecular complexity index is 560. The second-order valence-electron chi connectivity index (χ2n) is 4.28. The average Bonchev–Trinajstić information content (AvgIpc) is 2.67. The molecule has 1 amide bonds. The van der Waals surface area contributed by atoms with Crippen LogP contribution in [0.3, 0.4) is 0 Å². The van der Waals surface area contributed by atoms with Gasteiger partial charge in [-0.25, -0.2) is 0 Å². The van der Waals surface area contributed by atoms with Crippen LogP contribution in [0.5, 0.6) is 5.75 Å². The minimum atomic E-state index is -0.500. The number of nitrogens with zero attached hydrogens (tertiary/aromatic N) is 2. The predicted octanol–water partition coefficient (Wildman–Crippen LogP) is 1.92. The highest BCUT2D eigenvalue weighted by Gasteiger charge is 2.35. The molecule has 1 aromatic carbocycles. The Morgan fingerprint density at radius 2 is 2.11 bits per heavy atom. The molecular formula is C14H14N2O3. The van der Waals surface area contributed by atoms with Gasteiger partial charge in [0.05, 0.1) is 24.4 Å². The van der Waals surface area contributed by atoms with E-state index in [0.717, 1.165) is 6.42 Å². The molecule has 1 aliphatic heterocycles. The van der Waals surface area contributed by atoms with Gasteiger partial charge in [0.15, 0.2) is 0 Å². The van der Waals surface area contributed by atoms with Gasteiger partial charge in [0.1, 0.15) is 5.75 Å². The van der Waals surface area contributed by atoms with E-state index >= 15 is 0 Å². The molecule has 0 spiro atoms. The number of benzene rings is 1. The van der Waals surface area contributed by atoms with Crippen molar-refractivity contribution in [3.8, 4) is 11.8 Å². The van der Waals surface area contributed by atoms with Gasteiger partial charge in [0.2, 0.25) is 0 Å². The summed E-state index contributed by atoms with van der Waals surface area (Å²) in [5.74, 6) is -0.430. The lowest BCUT2D eigenvalue weighted by atomic mass is 10.1. The monoisotopic (exact) mass is 258 g/mol. The van der Waals surface area contributed by atoms with Gasteiger partial charge in [-0.1, -0.05) is 0 Å². The Kier molecular flexibility index (Phi) is 3.81. The summed E-state index contributed by atoms with van der Waals surface area (Å²) >= 11 is 0. The van der Waals surface area contributed by atoms with E-state index in [-0.39, 0.29) is 0 Å². The van der Waals surface area contributed by atoms with Gasteiger partial charge in [0, 0.05) is 13.0 Å². The first-order valence-electron chi connectivity index (χ1n) is 6.10. The first kappa shape index (κ1) is 13.1. The van der Waals surface area contributed by atoms with Gasteiger partial charge in [-0.05, 0) is 31.0 Å². The molecule has 0 fully saturated rings. The Morgan fingerprint density at radius 3 is 2.79 bits per heavy atom. The van der Waals surface area contributed by atoms with E-state index < -0.39 is 11.7 Å². The molecular weight excluding hydrogens is 244 g/mol. The van der Waals surface area contributed by atoms with E-state index in [0.29, 0.717) is 36.4 Å². The molecule has 1 heterocycles. The van der Waals surface area contributed by atoms with Gasteiger partial charge >= 0.3 is 0 Å². The number of carbonyl (C=O) groups excluding carboxylic acids is 2. The molecule has 1 aromatic rings. The molecule has 98 valence electrons. The summed E-state index contributed by atoms with van der Waals surface area (Å²) < 4.78 is 5.05. The molecule has 0 saturated carbocycles. The Hall–Kier alpha value is -2.35. The minimum absolute atomic E-state index is 0.393. The van der Waals surface area contributed by atoms with Gasteiger partial charge in [-0.15, -0.1) is 0 Å². The zero-order chi connectivity index (χ0) is 13.8. The van der Waals surface area contributed by atoms with E-state index in [4.69, 9.17) is 10.00 Å². The first-order valence-corrected chi connectivity index (χ1v) is 6.10. The second kappa shape index (κ2) is 5.53. The van der Waals surface area contributed by atoms with E-state index in [1.54, 1.807) is 18.2 Å². The lowest BCUT2D eigenvalue weighted by Gasteiger charge is -2.16. The molecule has 0 unspecified atom stereocenters. The molecule has 1 aliphatic rings. The zero-order valence-electron chi connectivity index (χ0n) is 10.7. The highest BCUT2D eigenvalue weighted by Crippen LogP contribution is 2.32. The van der Waals surface area contributed by atoms with Crippen LogP contribution in [0, 0.1) is 11.3 Å². The fraction of sp³-hybridized carbons (Fsp3) is 0.357. The molecule has 0 radical (unpaired) electrons. The van der Waals surface area contributed by atoms with Gasteiger partial charge in [-0.3, -0.25) is 9.59 Å². The number of hydrogen-bond acceptors (Lipinski definition) is 4. The standard InChI is InChI=1S/C14H14N2O3/c1-19-10-5-6-12-11(9-10)13(17)14(18)16(12)8-4-2-3-7-15/h5-6,9H,2-4,8H2,1H3. The molecule has 0 saturated heterocycles. The van der Waals surface area contributed by atoms with Crippen LogP contribution in [0.2, 0.25) is 0 Å². The molecule has 2 rings (SSSR count). The third-order valence-electron chi connectivity index (χ3n) is 3.10. The van der Waals surface area contributed by atoms with Crippen molar-refractivity contribution < 1.29 is 14.3 Å². The third-order valence-corrected chi connectivity index (χ3v) is 3.10. The van der Waals surface area contributed by atoms with Crippen molar-refractivity contribution in [2.24, 2.45) is 0 Å². The van der Waals surface area contributed by atoms with Gasteiger partial charge < -0.3 is 9.64 Å². The number of methoxy groups -OCH3 is 1. The first-order chi connectivity index (χ1) is 9.19. The molecule has 0 bridgehead atoms. The molecule has 5 heteroatoms. The van der Waals surface area contributed by atoms with Crippen LogP contribution in [0.4, 0.5) is 5.69 Å². The molecule has 0 aliphatic carbocycles. The summed E-state index contributed by atoms with van der Waals surface area (Å²) in [6.07, 6.45) is 1.89. The molecule has 0 aromatic heterocycles. The molecule has 0 N–H and O–H groups in total. The molecule has 5 nitrogen and oxygen atoms in total. The number of anilines is 1. The lowest BCUT2D eigenvalue weighted by molar-refractivity contribution is -0.114. The third kappa shape index (κ3) is 2.43. The summed E-state index contributed by atoms with van der Waals surface area (Å²) in [7, 11) is 1.52. The van der Waals surface area contributed by atoms with Gasteiger partial charge in [-0.2, -0.15) is 5.26 Å². The maximum atomic E-state index is 11.9. The Morgan fingerprint density at radius 1 is 1.32 bits per heavy atom. The van der Waals surface area contributed by atoms with Crippen LogP contribution in [0.1, 0.15) is 29.6 Å². The zero-order valence-corrected chi connectivity index (χ0v) is 10.7. The lowest BCUT2D eigenvalue weighted by Crippen LogP contribution is -2.30. The number of fused-ring (bicyclic) bond motifs is 1. The van der Waals surface area contributed by atoms with Crippen molar-refractivity contribution in [2.45, 2.75) is 19.3 Å². The highest BCUT2D eigenvalue weighted by molar-refractivity contribution is 6.52. The van der Waals surface area contributed by atoms with E-state index in [9.17, 15) is 9.59 Å². The van der Waals surface area contributed by atoms with Crippen LogP contribution >= 0.6 is 0 Å². The van der Waals surface area contributed by atoms with Crippen molar-refractivity contribution in [3.63, 3.8) is 0 Å². The number of hydrogen-bond donors (Lipinski definition) is 0. The fourth-order valence-corrected chi connectivity index (χ4v) is 2.10. The SMILES string of the molecule is COc1ccc2c(c1)C(=O)C(=O)N2CCCCC#N. The second-order valence-corrected chi connectivity index (χ2v) is 4.28. The number of rotatable bonds is 5. The van der Waals surface area contributed by atoms with Crippen LogP contribution in [0.15, 0.2) is 18.2 Å². The van der Waals surface area contributed by atoms with Crippen LogP contribution < -0.4 is 9.64 Å². The van der Waals surface area contributed by atoms with Crippen LogP contribution in [-0.4, -0.2) is 25.3 Å². The largest absolute Gasteiger partial charge is 0.497 e. The number of ketones is 1. The van der Waals surface area contributed by atoms with Crippen molar-refractivity contribution in [3.05, 3.63) is 23.8 Å². The number of ether oxygens (including phenoxy) is 1. The Labute approximate surface area is 111 Å². The topological polar surface area (TPSA) is 70.4 Å². The maximum Gasteiger partial charge on any atom is 0.299 e. The summed E-state index contributed by atoms with van der Waals surface area (Å²) in [5.41, 5.74) is 1.03. The number of amides is 1.